The Morgan fingerprint density at radius 2 is 1.95 bits per heavy atom. The van der Waals surface area contributed by atoms with Crippen LogP contribution in [0.3, 0.4) is 0 Å². The second-order valence-electron chi connectivity index (χ2n) is 4.62. The Morgan fingerprint density at radius 3 is 2.42 bits per heavy atom. The van der Waals surface area contributed by atoms with E-state index in [1.165, 1.54) is 18.2 Å². The van der Waals surface area contributed by atoms with Crippen molar-refractivity contribution in [3.63, 3.8) is 0 Å². The van der Waals surface area contributed by atoms with E-state index in [0.717, 1.165) is 0 Å². The molecule has 0 fully saturated rings. The predicted octanol–water partition coefficient (Wildman–Crippen LogP) is 2.36. The van der Waals surface area contributed by atoms with Crippen LogP contribution >= 0.6 is 0 Å². The summed E-state index contributed by atoms with van der Waals surface area (Å²) in [6, 6.07) is 2.52. The fourth-order valence-corrected chi connectivity index (χ4v) is 1.54. The molecule has 0 heterocycles. The summed E-state index contributed by atoms with van der Waals surface area (Å²) in [5.41, 5.74) is 0.806. The number of urea groups is 1. The highest BCUT2D eigenvalue weighted by Crippen LogP contribution is 2.13. The van der Waals surface area contributed by atoms with E-state index in [4.69, 9.17) is 5.11 Å². The van der Waals surface area contributed by atoms with Gasteiger partial charge in [0, 0.05) is 5.69 Å². The van der Waals surface area contributed by atoms with Crippen LogP contribution in [0, 0.1) is 18.7 Å². The van der Waals surface area contributed by atoms with Crippen molar-refractivity contribution in [1.29, 1.82) is 0 Å². The van der Waals surface area contributed by atoms with Gasteiger partial charge in [0.2, 0.25) is 0 Å². The molecule has 0 saturated carbocycles. The van der Waals surface area contributed by atoms with Gasteiger partial charge in [0.15, 0.2) is 0 Å². The zero-order valence-corrected chi connectivity index (χ0v) is 11.0. The van der Waals surface area contributed by atoms with Gasteiger partial charge in [0.25, 0.3) is 0 Å². The fraction of sp³-hybridized carbons (Fsp3) is 0.385. The molecule has 1 aromatic rings. The molecule has 1 atom stereocenters. The summed E-state index contributed by atoms with van der Waals surface area (Å²) < 4.78 is 13.1. The normalized spacial score (nSPS) is 12.1. The van der Waals surface area contributed by atoms with Gasteiger partial charge in [-0.2, -0.15) is 0 Å². The first-order valence-corrected chi connectivity index (χ1v) is 5.87. The third kappa shape index (κ3) is 4.24. The van der Waals surface area contributed by atoms with Crippen molar-refractivity contribution in [2.24, 2.45) is 5.92 Å². The van der Waals surface area contributed by atoms with Gasteiger partial charge < -0.3 is 15.7 Å². The van der Waals surface area contributed by atoms with E-state index in [0.29, 0.717) is 11.3 Å². The summed E-state index contributed by atoms with van der Waals surface area (Å²) in [5.74, 6) is -1.70. The lowest BCUT2D eigenvalue weighted by Gasteiger charge is -2.18. The van der Waals surface area contributed by atoms with Crippen LogP contribution in [-0.4, -0.2) is 23.1 Å². The summed E-state index contributed by atoms with van der Waals surface area (Å²) >= 11 is 0. The Kier molecular flexibility index (Phi) is 4.86. The number of benzene rings is 1. The number of nitrogens with one attached hydrogen (secondary N) is 2. The van der Waals surface area contributed by atoms with Gasteiger partial charge >= 0.3 is 12.0 Å². The number of hydrogen-bond donors (Lipinski definition) is 3. The highest BCUT2D eigenvalue weighted by Gasteiger charge is 2.23. The Hall–Kier alpha value is -2.11. The third-order valence-corrected chi connectivity index (χ3v) is 2.64. The van der Waals surface area contributed by atoms with E-state index in [-0.39, 0.29) is 11.7 Å². The van der Waals surface area contributed by atoms with Crippen LogP contribution in [0.15, 0.2) is 18.2 Å². The number of carbonyl (C=O) groups is 2. The number of carboxylic acid groups (broad SMARTS) is 1. The molecule has 104 valence electrons. The van der Waals surface area contributed by atoms with E-state index in [1.807, 2.05) is 0 Å². The molecule has 1 aromatic carbocycles. The number of anilines is 1. The lowest BCUT2D eigenvalue weighted by atomic mass is 10.1. The van der Waals surface area contributed by atoms with E-state index in [2.05, 4.69) is 10.6 Å². The molecule has 0 aromatic heterocycles. The minimum Gasteiger partial charge on any atom is -0.480 e. The molecule has 0 aliphatic rings. The average molecular weight is 268 g/mol. The summed E-state index contributed by atoms with van der Waals surface area (Å²) in [6.45, 7) is 4.97. The Morgan fingerprint density at radius 1 is 1.32 bits per heavy atom. The van der Waals surface area contributed by atoms with Gasteiger partial charge in [0.05, 0.1) is 0 Å². The maximum Gasteiger partial charge on any atom is 0.326 e. The number of rotatable bonds is 4. The van der Waals surface area contributed by atoms with Crippen LogP contribution in [0.5, 0.6) is 0 Å². The molecular weight excluding hydrogens is 251 g/mol. The van der Waals surface area contributed by atoms with Gasteiger partial charge in [-0.25, -0.2) is 14.0 Å². The molecule has 0 aliphatic heterocycles. The molecule has 2 amide bonds. The van der Waals surface area contributed by atoms with Crippen molar-refractivity contribution in [1.82, 2.24) is 5.32 Å². The number of carbonyl (C=O) groups excluding carboxylic acids is 1. The van der Waals surface area contributed by atoms with Gasteiger partial charge in [-0.05, 0) is 36.6 Å². The molecule has 19 heavy (non-hydrogen) atoms. The molecule has 3 N–H and O–H groups in total. The molecule has 0 spiro atoms. The lowest BCUT2D eigenvalue weighted by Crippen LogP contribution is -2.46. The number of amides is 2. The van der Waals surface area contributed by atoms with E-state index in [9.17, 15) is 14.0 Å². The SMILES string of the molecule is Cc1cc(NC(=O)NC(C(=O)O)C(C)C)ccc1F. The molecule has 1 rings (SSSR count). The van der Waals surface area contributed by atoms with Gasteiger partial charge in [0.1, 0.15) is 11.9 Å². The Bertz CT molecular complexity index is 489. The van der Waals surface area contributed by atoms with Crippen LogP contribution < -0.4 is 10.6 Å². The van der Waals surface area contributed by atoms with Crippen LogP contribution in [-0.2, 0) is 4.79 Å². The first kappa shape index (κ1) is 14.9. The van der Waals surface area contributed by atoms with Crippen molar-refractivity contribution in [3.05, 3.63) is 29.6 Å². The summed E-state index contributed by atoms with van der Waals surface area (Å²) in [5, 5.41) is 13.8. The lowest BCUT2D eigenvalue weighted by molar-refractivity contribution is -0.140. The van der Waals surface area contributed by atoms with E-state index < -0.39 is 18.0 Å². The second kappa shape index (κ2) is 6.17. The maximum absolute atomic E-state index is 13.1. The number of aryl methyl sites for hydroxylation is 1. The largest absolute Gasteiger partial charge is 0.480 e. The monoisotopic (exact) mass is 268 g/mol. The number of carboxylic acids is 1. The summed E-state index contributed by atoms with van der Waals surface area (Å²) in [6.07, 6.45) is 0. The molecule has 1 unspecified atom stereocenters. The van der Waals surface area contributed by atoms with Crippen molar-refractivity contribution in [2.45, 2.75) is 26.8 Å². The van der Waals surface area contributed by atoms with E-state index >= 15 is 0 Å². The first-order valence-electron chi connectivity index (χ1n) is 5.87. The first-order chi connectivity index (χ1) is 8.81. The van der Waals surface area contributed by atoms with Crippen LogP contribution in [0.25, 0.3) is 0 Å². The summed E-state index contributed by atoms with van der Waals surface area (Å²) in [7, 11) is 0. The number of hydrogen-bond acceptors (Lipinski definition) is 2. The quantitative estimate of drug-likeness (QED) is 0.784. The molecule has 0 saturated heterocycles. The van der Waals surface area contributed by atoms with Crippen molar-refractivity contribution in [3.8, 4) is 0 Å². The standard InChI is InChI=1S/C13H17FN2O3/c1-7(2)11(12(17)18)16-13(19)15-9-4-5-10(14)8(3)6-9/h4-7,11H,1-3H3,(H,17,18)(H2,15,16,19). The summed E-state index contributed by atoms with van der Waals surface area (Å²) in [4.78, 5) is 22.6. The zero-order valence-electron chi connectivity index (χ0n) is 11.0. The molecule has 0 bridgehead atoms. The van der Waals surface area contributed by atoms with Crippen LogP contribution in [0.1, 0.15) is 19.4 Å². The fourth-order valence-electron chi connectivity index (χ4n) is 1.54. The van der Waals surface area contributed by atoms with Crippen molar-refractivity contribution < 1.29 is 19.1 Å². The Balaban J connectivity index is 2.69. The minimum absolute atomic E-state index is 0.238. The molecule has 0 radical (unpaired) electrons. The molecular formula is C13H17FN2O3. The maximum atomic E-state index is 13.1. The smallest absolute Gasteiger partial charge is 0.326 e. The van der Waals surface area contributed by atoms with Crippen molar-refractivity contribution >= 4 is 17.7 Å². The van der Waals surface area contributed by atoms with E-state index in [1.54, 1.807) is 20.8 Å². The second-order valence-corrected chi connectivity index (χ2v) is 4.62. The predicted molar refractivity (Wildman–Crippen MR) is 69.6 cm³/mol. The van der Waals surface area contributed by atoms with Crippen molar-refractivity contribution in [2.75, 3.05) is 5.32 Å². The average Bonchev–Trinajstić information content (AvgIpc) is 2.30. The van der Waals surface area contributed by atoms with Gasteiger partial charge in [-0.15, -0.1) is 0 Å². The zero-order chi connectivity index (χ0) is 14.6. The van der Waals surface area contributed by atoms with Gasteiger partial charge in [-0.1, -0.05) is 13.8 Å². The highest BCUT2D eigenvalue weighted by atomic mass is 19.1. The molecule has 0 aliphatic carbocycles. The Labute approximate surface area is 110 Å². The van der Waals surface area contributed by atoms with Crippen LogP contribution in [0.2, 0.25) is 0 Å². The third-order valence-electron chi connectivity index (χ3n) is 2.64. The van der Waals surface area contributed by atoms with Crippen LogP contribution in [0.4, 0.5) is 14.9 Å². The number of aliphatic carboxylic acids is 1. The molecule has 5 nitrogen and oxygen atoms in total. The topological polar surface area (TPSA) is 78.4 Å². The number of halogens is 1. The van der Waals surface area contributed by atoms with Gasteiger partial charge in [-0.3, -0.25) is 0 Å². The molecule has 6 heteroatoms. The highest BCUT2D eigenvalue weighted by molar-refractivity contribution is 5.92. The minimum atomic E-state index is -1.10.